The second-order valence-electron chi connectivity index (χ2n) is 7.77. The molecule has 5 nitrogen and oxygen atoms in total. The standard InChI is InChI=1S/C17H21BrN4O/c1-2-22-14(13(18)9-19-22)15-20-21-16(23-15)17-6-10-3-11(7-17)5-12(4-10)8-17/h9-12H,2-8H2,1H3. The molecule has 0 amide bonds. The fourth-order valence-electron chi connectivity index (χ4n) is 5.72. The molecule has 0 atom stereocenters. The molecular weight excluding hydrogens is 356 g/mol. The molecule has 0 N–H and O–H groups in total. The van der Waals surface area contributed by atoms with E-state index in [1.807, 2.05) is 4.68 Å². The first-order valence-electron chi connectivity index (χ1n) is 8.72. The van der Waals surface area contributed by atoms with E-state index < -0.39 is 0 Å². The fourth-order valence-corrected chi connectivity index (χ4v) is 6.19. The molecule has 23 heavy (non-hydrogen) atoms. The summed E-state index contributed by atoms with van der Waals surface area (Å²) >= 11 is 3.56. The van der Waals surface area contributed by atoms with Crippen molar-refractivity contribution < 1.29 is 4.42 Å². The van der Waals surface area contributed by atoms with Crippen molar-refractivity contribution >= 4 is 15.9 Å². The lowest BCUT2D eigenvalue weighted by Gasteiger charge is -2.55. The van der Waals surface area contributed by atoms with Gasteiger partial charge in [-0.15, -0.1) is 10.2 Å². The van der Waals surface area contributed by atoms with Crippen LogP contribution in [0.15, 0.2) is 15.1 Å². The second kappa shape index (κ2) is 4.91. The molecule has 0 spiro atoms. The van der Waals surface area contributed by atoms with Gasteiger partial charge in [0.25, 0.3) is 5.89 Å². The van der Waals surface area contributed by atoms with Crippen LogP contribution in [0.4, 0.5) is 0 Å². The zero-order valence-corrected chi connectivity index (χ0v) is 14.9. The number of aromatic nitrogens is 4. The number of halogens is 1. The number of rotatable bonds is 3. The Bertz CT molecular complexity index is 714. The van der Waals surface area contributed by atoms with Crippen LogP contribution in [0, 0.1) is 17.8 Å². The van der Waals surface area contributed by atoms with Gasteiger partial charge in [-0.2, -0.15) is 5.10 Å². The van der Waals surface area contributed by atoms with Crippen LogP contribution in [0.2, 0.25) is 0 Å². The third kappa shape index (κ3) is 2.06. The zero-order valence-electron chi connectivity index (χ0n) is 13.3. The van der Waals surface area contributed by atoms with E-state index in [0.29, 0.717) is 5.89 Å². The SMILES string of the molecule is CCn1ncc(Br)c1-c1nnc(C23CC4CC(CC(C4)C2)C3)o1. The van der Waals surface area contributed by atoms with Crippen molar-refractivity contribution in [2.24, 2.45) is 17.8 Å². The summed E-state index contributed by atoms with van der Waals surface area (Å²) in [6, 6.07) is 0. The maximum Gasteiger partial charge on any atom is 0.267 e. The van der Waals surface area contributed by atoms with E-state index in [1.54, 1.807) is 6.20 Å². The summed E-state index contributed by atoms with van der Waals surface area (Å²) in [4.78, 5) is 0. The molecule has 6 rings (SSSR count). The summed E-state index contributed by atoms with van der Waals surface area (Å²) in [5, 5.41) is 13.2. The molecule has 0 radical (unpaired) electrons. The first kappa shape index (κ1) is 14.2. The van der Waals surface area contributed by atoms with Crippen molar-refractivity contribution in [3.8, 4) is 11.6 Å². The first-order chi connectivity index (χ1) is 11.2. The predicted molar refractivity (Wildman–Crippen MR) is 88.7 cm³/mol. The highest BCUT2D eigenvalue weighted by Gasteiger charge is 2.54. The smallest absolute Gasteiger partial charge is 0.267 e. The molecule has 0 aromatic carbocycles. The van der Waals surface area contributed by atoms with E-state index >= 15 is 0 Å². The molecule has 4 aliphatic rings. The van der Waals surface area contributed by atoms with E-state index in [0.717, 1.165) is 40.4 Å². The van der Waals surface area contributed by atoms with Crippen LogP contribution >= 0.6 is 15.9 Å². The summed E-state index contributed by atoms with van der Waals surface area (Å²) in [6.07, 6.45) is 9.81. The Morgan fingerprint density at radius 1 is 1.17 bits per heavy atom. The molecule has 2 heterocycles. The van der Waals surface area contributed by atoms with Crippen molar-refractivity contribution in [3.05, 3.63) is 16.6 Å². The van der Waals surface area contributed by atoms with Crippen LogP contribution in [-0.4, -0.2) is 20.0 Å². The first-order valence-corrected chi connectivity index (χ1v) is 9.52. The van der Waals surface area contributed by atoms with Crippen molar-refractivity contribution in [3.63, 3.8) is 0 Å². The van der Waals surface area contributed by atoms with Crippen LogP contribution in [0.3, 0.4) is 0 Å². The summed E-state index contributed by atoms with van der Waals surface area (Å²) < 4.78 is 9.04. The zero-order chi connectivity index (χ0) is 15.6. The summed E-state index contributed by atoms with van der Waals surface area (Å²) in [6.45, 7) is 2.86. The van der Waals surface area contributed by atoms with E-state index in [4.69, 9.17) is 4.42 Å². The average molecular weight is 377 g/mol. The van der Waals surface area contributed by atoms with Gasteiger partial charge in [0.15, 0.2) is 0 Å². The largest absolute Gasteiger partial charge is 0.419 e. The monoisotopic (exact) mass is 376 g/mol. The van der Waals surface area contributed by atoms with E-state index in [9.17, 15) is 0 Å². The molecule has 0 saturated heterocycles. The highest BCUT2D eigenvalue weighted by Crippen LogP contribution is 2.60. The number of hydrogen-bond donors (Lipinski definition) is 0. The highest BCUT2D eigenvalue weighted by molar-refractivity contribution is 9.10. The molecule has 2 aromatic heterocycles. The lowest BCUT2D eigenvalue weighted by atomic mass is 9.49. The molecule has 4 saturated carbocycles. The van der Waals surface area contributed by atoms with E-state index in [1.165, 1.54) is 38.5 Å². The number of hydrogen-bond acceptors (Lipinski definition) is 4. The predicted octanol–water partition coefficient (Wildman–Crippen LogP) is 4.18. The van der Waals surface area contributed by atoms with Gasteiger partial charge in [-0.25, -0.2) is 0 Å². The second-order valence-corrected chi connectivity index (χ2v) is 8.62. The molecule has 6 heteroatoms. The van der Waals surface area contributed by atoms with Crippen molar-refractivity contribution in [1.29, 1.82) is 0 Å². The van der Waals surface area contributed by atoms with Crippen LogP contribution in [-0.2, 0) is 12.0 Å². The molecule has 4 aliphatic carbocycles. The molecule has 4 bridgehead atoms. The van der Waals surface area contributed by atoms with E-state index in [2.05, 4.69) is 38.1 Å². The van der Waals surface area contributed by atoms with Gasteiger partial charge < -0.3 is 4.42 Å². The molecule has 2 aromatic rings. The van der Waals surface area contributed by atoms with E-state index in [-0.39, 0.29) is 5.41 Å². The minimum atomic E-state index is 0.156. The van der Waals surface area contributed by atoms with Crippen molar-refractivity contribution in [2.75, 3.05) is 0 Å². The molecule has 0 unspecified atom stereocenters. The van der Waals surface area contributed by atoms with Gasteiger partial charge >= 0.3 is 0 Å². The Morgan fingerprint density at radius 2 is 1.83 bits per heavy atom. The quantitative estimate of drug-likeness (QED) is 0.805. The lowest BCUT2D eigenvalue weighted by Crippen LogP contribution is -2.48. The van der Waals surface area contributed by atoms with Gasteiger partial charge in [-0.1, -0.05) is 0 Å². The normalized spacial score (nSPS) is 35.1. The van der Waals surface area contributed by atoms with Crippen LogP contribution in [0.25, 0.3) is 11.6 Å². The topological polar surface area (TPSA) is 56.7 Å². The molecule has 0 aliphatic heterocycles. The molecule has 4 fully saturated rings. The Kier molecular flexibility index (Phi) is 3.03. The lowest BCUT2D eigenvalue weighted by molar-refractivity contribution is -0.0176. The Balaban J connectivity index is 1.54. The third-order valence-electron chi connectivity index (χ3n) is 6.21. The van der Waals surface area contributed by atoms with Gasteiger partial charge in [0, 0.05) is 12.0 Å². The molecule has 122 valence electrons. The minimum absolute atomic E-state index is 0.156. The Labute approximate surface area is 144 Å². The number of aryl methyl sites for hydroxylation is 1. The summed E-state index contributed by atoms with van der Waals surface area (Å²) in [5.41, 5.74) is 1.06. The minimum Gasteiger partial charge on any atom is -0.419 e. The highest BCUT2D eigenvalue weighted by atomic mass is 79.9. The summed E-state index contributed by atoms with van der Waals surface area (Å²) in [7, 11) is 0. The Hall–Kier alpha value is -1.17. The maximum atomic E-state index is 6.22. The van der Waals surface area contributed by atoms with Gasteiger partial charge in [0.1, 0.15) is 5.69 Å². The van der Waals surface area contributed by atoms with Gasteiger partial charge in [0.05, 0.1) is 10.7 Å². The van der Waals surface area contributed by atoms with Gasteiger partial charge in [-0.05, 0) is 79.1 Å². The van der Waals surface area contributed by atoms with Gasteiger partial charge in [-0.3, -0.25) is 4.68 Å². The van der Waals surface area contributed by atoms with Crippen LogP contribution in [0.5, 0.6) is 0 Å². The molecular formula is C17H21BrN4O. The Morgan fingerprint density at radius 3 is 2.43 bits per heavy atom. The summed E-state index contributed by atoms with van der Waals surface area (Å²) in [5.74, 6) is 4.11. The van der Waals surface area contributed by atoms with Crippen LogP contribution in [0.1, 0.15) is 51.3 Å². The van der Waals surface area contributed by atoms with Crippen LogP contribution < -0.4 is 0 Å². The average Bonchev–Trinajstić information content (AvgIpc) is 3.12. The fraction of sp³-hybridized carbons (Fsp3) is 0.706. The third-order valence-corrected chi connectivity index (χ3v) is 6.79. The van der Waals surface area contributed by atoms with Crippen molar-refractivity contribution in [1.82, 2.24) is 20.0 Å². The maximum absolute atomic E-state index is 6.22. The van der Waals surface area contributed by atoms with Gasteiger partial charge in [0.2, 0.25) is 5.89 Å². The number of nitrogens with zero attached hydrogens (tertiary/aromatic N) is 4. The van der Waals surface area contributed by atoms with Crippen molar-refractivity contribution in [2.45, 2.75) is 57.4 Å².